The van der Waals surface area contributed by atoms with Crippen molar-refractivity contribution < 1.29 is 33.4 Å². The molecule has 0 saturated carbocycles. The summed E-state index contributed by atoms with van der Waals surface area (Å²) in [5.41, 5.74) is 3.62. The van der Waals surface area contributed by atoms with Gasteiger partial charge in [0.15, 0.2) is 0 Å². The topological polar surface area (TPSA) is 83.5 Å². The molecular formula is C49H49NO7. The quantitative estimate of drug-likeness (QED) is 0.0900. The van der Waals surface area contributed by atoms with E-state index < -0.39 is 29.4 Å². The van der Waals surface area contributed by atoms with E-state index in [0.717, 1.165) is 38.6 Å². The van der Waals surface area contributed by atoms with Crippen molar-refractivity contribution in [3.63, 3.8) is 0 Å². The highest BCUT2D eigenvalue weighted by molar-refractivity contribution is 5.89. The van der Waals surface area contributed by atoms with Crippen LogP contribution in [0, 0.1) is 5.92 Å². The highest BCUT2D eigenvalue weighted by Gasteiger charge is 2.44. The second-order valence-corrected chi connectivity index (χ2v) is 15.4. The second kappa shape index (κ2) is 17.6. The number of rotatable bonds is 12. The molecule has 0 amide bonds. The Bertz CT molecular complexity index is 2140. The highest BCUT2D eigenvalue weighted by Crippen LogP contribution is 2.43. The Labute approximate surface area is 334 Å². The average Bonchev–Trinajstić information content (AvgIpc) is 3.23. The molecule has 1 aliphatic heterocycles. The molecule has 1 fully saturated rings. The molecule has 1 aliphatic rings. The fourth-order valence-corrected chi connectivity index (χ4v) is 7.81. The number of carbonyl (C=O) groups excluding carboxylic acids is 2. The molecule has 7 rings (SSSR count). The molecule has 0 N–H and O–H groups in total. The lowest BCUT2D eigenvalue weighted by atomic mass is 9.77. The summed E-state index contributed by atoms with van der Waals surface area (Å²) in [6.45, 7) is 6.58. The van der Waals surface area contributed by atoms with E-state index in [1.165, 1.54) is 7.11 Å². The number of piperidine rings is 1. The Hall–Kier alpha value is -5.80. The summed E-state index contributed by atoms with van der Waals surface area (Å²) in [6, 6.07) is 52.8. The van der Waals surface area contributed by atoms with E-state index >= 15 is 0 Å². The molecule has 0 aliphatic carbocycles. The van der Waals surface area contributed by atoms with Gasteiger partial charge in [-0.15, -0.1) is 5.06 Å². The third-order valence-corrected chi connectivity index (χ3v) is 10.4. The minimum Gasteiger partial charge on any atom is -0.465 e. The molecule has 3 atom stereocenters. The van der Waals surface area contributed by atoms with Crippen molar-refractivity contribution >= 4 is 22.9 Å². The van der Waals surface area contributed by atoms with E-state index in [9.17, 15) is 9.59 Å². The highest BCUT2D eigenvalue weighted by atomic mass is 16.8. The Kier molecular flexibility index (Phi) is 12.1. The average molecular weight is 764 g/mol. The van der Waals surface area contributed by atoms with Crippen LogP contribution in [0.5, 0.6) is 0 Å². The van der Waals surface area contributed by atoms with Crippen LogP contribution in [0.15, 0.2) is 158 Å². The second-order valence-electron chi connectivity index (χ2n) is 15.4. The van der Waals surface area contributed by atoms with Crippen molar-refractivity contribution in [1.29, 1.82) is 0 Å². The van der Waals surface area contributed by atoms with Crippen molar-refractivity contribution in [3.8, 4) is 0 Å². The number of nitrogens with zero attached hydrogens (tertiary/aromatic N) is 1. The van der Waals surface area contributed by atoms with Gasteiger partial charge in [-0.05, 0) is 77.6 Å². The maximum Gasteiger partial charge on any atom is 0.528 e. The summed E-state index contributed by atoms with van der Waals surface area (Å²) in [4.78, 5) is 31.7. The molecule has 3 unspecified atom stereocenters. The van der Waals surface area contributed by atoms with Gasteiger partial charge in [-0.1, -0.05) is 140 Å². The third kappa shape index (κ3) is 9.26. The molecule has 8 nitrogen and oxygen atoms in total. The van der Waals surface area contributed by atoms with Gasteiger partial charge in [0.05, 0.1) is 38.5 Å². The molecule has 0 radical (unpaired) electrons. The first-order valence-electron chi connectivity index (χ1n) is 19.4. The van der Waals surface area contributed by atoms with Crippen LogP contribution in [0.25, 0.3) is 10.8 Å². The zero-order chi connectivity index (χ0) is 39.8. The smallest absolute Gasteiger partial charge is 0.465 e. The Morgan fingerprint density at radius 2 is 1.23 bits per heavy atom. The normalized spacial score (nSPS) is 17.5. The lowest BCUT2D eigenvalue weighted by Crippen LogP contribution is -2.52. The van der Waals surface area contributed by atoms with Crippen LogP contribution in [0.1, 0.15) is 64.9 Å². The van der Waals surface area contributed by atoms with Gasteiger partial charge in [-0.25, -0.2) is 9.59 Å². The number of hydroxylamine groups is 2. The number of hydrogen-bond acceptors (Lipinski definition) is 8. The molecule has 1 heterocycles. The third-order valence-electron chi connectivity index (χ3n) is 10.4. The van der Waals surface area contributed by atoms with Gasteiger partial charge in [0.2, 0.25) is 0 Å². The fourth-order valence-electron chi connectivity index (χ4n) is 7.81. The van der Waals surface area contributed by atoms with Crippen LogP contribution < -0.4 is 0 Å². The maximum atomic E-state index is 13.2. The van der Waals surface area contributed by atoms with E-state index in [2.05, 4.69) is 66.7 Å². The predicted molar refractivity (Wildman–Crippen MR) is 221 cm³/mol. The Morgan fingerprint density at radius 1 is 0.667 bits per heavy atom. The summed E-state index contributed by atoms with van der Waals surface area (Å²) in [7, 11) is 1.37. The van der Waals surface area contributed by atoms with Gasteiger partial charge in [0, 0.05) is 18.4 Å². The lowest BCUT2D eigenvalue weighted by Gasteiger charge is -2.44. The zero-order valence-corrected chi connectivity index (χ0v) is 32.9. The van der Waals surface area contributed by atoms with E-state index in [1.54, 1.807) is 38.0 Å². The number of carbonyl (C=O) groups is 2. The lowest BCUT2D eigenvalue weighted by molar-refractivity contribution is -0.198. The predicted octanol–water partition coefficient (Wildman–Crippen LogP) is 10.1. The zero-order valence-electron chi connectivity index (χ0n) is 32.9. The van der Waals surface area contributed by atoms with Crippen LogP contribution >= 0.6 is 0 Å². The standard InChI is InChI=1S/C49H49NO7/c1-48(2,3)56-47(52)57-50-31-40(34-55-49(41-18-8-5-9-19-41,42-20-10-6-11-21-42)43-22-12-7-13-23-43)45(37-26-28-38(29-27-37)46(51)53-4)44(32-50)54-33-35-24-25-36-16-14-15-17-39(36)30-35/h5-30,40,44-45H,31-34H2,1-4H3. The summed E-state index contributed by atoms with van der Waals surface area (Å²) in [5, 5.41) is 3.91. The SMILES string of the molecule is COC(=O)c1ccc(C2C(COC(c3ccccc3)(c3ccccc3)c3ccccc3)CN(OC(=O)OC(C)(C)C)CC2OCc2ccc3ccccc3c2)cc1. The number of ether oxygens (including phenoxy) is 4. The van der Waals surface area contributed by atoms with Crippen molar-refractivity contribution in [1.82, 2.24) is 5.06 Å². The van der Waals surface area contributed by atoms with Crippen LogP contribution in [-0.4, -0.2) is 55.7 Å². The molecular weight excluding hydrogens is 715 g/mol. The van der Waals surface area contributed by atoms with Gasteiger partial charge in [0.25, 0.3) is 0 Å². The van der Waals surface area contributed by atoms with Crippen molar-refractivity contribution in [3.05, 3.63) is 191 Å². The molecule has 6 aromatic rings. The molecule has 0 bridgehead atoms. The molecule has 0 spiro atoms. The van der Waals surface area contributed by atoms with Crippen molar-refractivity contribution in [2.24, 2.45) is 5.92 Å². The number of methoxy groups -OCH3 is 1. The summed E-state index contributed by atoms with van der Waals surface area (Å²) in [5.74, 6) is -0.928. The Morgan fingerprint density at radius 3 is 1.79 bits per heavy atom. The minimum absolute atomic E-state index is 0.240. The first kappa shape index (κ1) is 39.4. The minimum atomic E-state index is -0.987. The van der Waals surface area contributed by atoms with Gasteiger partial charge < -0.3 is 23.8 Å². The maximum absolute atomic E-state index is 13.2. The van der Waals surface area contributed by atoms with Gasteiger partial charge in [-0.2, -0.15) is 0 Å². The van der Waals surface area contributed by atoms with Crippen LogP contribution in [-0.2, 0) is 36.0 Å². The first-order valence-corrected chi connectivity index (χ1v) is 19.4. The summed E-state index contributed by atoms with van der Waals surface area (Å²) in [6.07, 6.45) is -1.26. The number of esters is 1. The molecule has 6 aromatic carbocycles. The van der Waals surface area contributed by atoms with E-state index in [-0.39, 0.29) is 25.0 Å². The molecule has 0 aromatic heterocycles. The van der Waals surface area contributed by atoms with Crippen LogP contribution in [0.3, 0.4) is 0 Å². The largest absolute Gasteiger partial charge is 0.528 e. The fraction of sp³-hybridized carbons (Fsp3) is 0.265. The van der Waals surface area contributed by atoms with Crippen molar-refractivity contribution in [2.45, 2.75) is 50.6 Å². The molecule has 8 heteroatoms. The van der Waals surface area contributed by atoms with E-state index in [4.69, 9.17) is 23.8 Å². The summed E-state index contributed by atoms with van der Waals surface area (Å²) >= 11 is 0. The van der Waals surface area contributed by atoms with E-state index in [0.29, 0.717) is 18.7 Å². The number of fused-ring (bicyclic) bond motifs is 1. The van der Waals surface area contributed by atoms with Crippen molar-refractivity contribution in [2.75, 3.05) is 26.8 Å². The Balaban J connectivity index is 1.30. The van der Waals surface area contributed by atoms with Gasteiger partial charge >= 0.3 is 12.1 Å². The number of benzene rings is 6. The van der Waals surface area contributed by atoms with Crippen LogP contribution in [0.4, 0.5) is 4.79 Å². The van der Waals surface area contributed by atoms with E-state index in [1.807, 2.05) is 78.9 Å². The van der Waals surface area contributed by atoms with Gasteiger partial charge in [-0.3, -0.25) is 0 Å². The monoisotopic (exact) mass is 763 g/mol. The molecule has 1 saturated heterocycles. The van der Waals surface area contributed by atoms with Gasteiger partial charge in [0.1, 0.15) is 11.2 Å². The summed E-state index contributed by atoms with van der Waals surface area (Å²) < 4.78 is 24.9. The van der Waals surface area contributed by atoms with Crippen LogP contribution in [0.2, 0.25) is 0 Å². The molecule has 57 heavy (non-hydrogen) atoms. The first-order chi connectivity index (χ1) is 27.6. The number of hydrogen-bond donors (Lipinski definition) is 0. The molecule has 292 valence electrons.